The van der Waals surface area contributed by atoms with Crippen LogP contribution >= 0.6 is 15.9 Å². The summed E-state index contributed by atoms with van der Waals surface area (Å²) in [6.45, 7) is 0.0445. The lowest BCUT2D eigenvalue weighted by molar-refractivity contribution is -0.121. The smallest absolute Gasteiger partial charge is 0.235 e. The Kier molecular flexibility index (Phi) is 2.48. The molecule has 0 saturated carbocycles. The Bertz CT molecular complexity index is 444. The Hall–Kier alpha value is -1.36. The topological polar surface area (TPSA) is 57.6 Å². The van der Waals surface area contributed by atoms with Crippen LogP contribution in [0.5, 0.6) is 5.75 Å². The highest BCUT2D eigenvalue weighted by Crippen LogP contribution is 2.35. The van der Waals surface area contributed by atoms with Crippen LogP contribution in [0, 0.1) is 0 Å². The number of para-hydroxylation sites is 1. The number of hydrogen-bond donors (Lipinski definition) is 1. The molecule has 78 valence electrons. The van der Waals surface area contributed by atoms with Crippen molar-refractivity contribution in [3.63, 3.8) is 0 Å². The number of anilines is 1. The van der Waals surface area contributed by atoms with Crippen LogP contribution in [0.15, 0.2) is 22.7 Å². The van der Waals surface area contributed by atoms with E-state index < -0.39 is 0 Å². The van der Waals surface area contributed by atoms with E-state index in [0.717, 1.165) is 0 Å². The van der Waals surface area contributed by atoms with Gasteiger partial charge >= 0.3 is 0 Å². The van der Waals surface area contributed by atoms with E-state index in [0.29, 0.717) is 10.2 Å². The number of halogens is 1. The van der Waals surface area contributed by atoms with Crippen LogP contribution in [0.2, 0.25) is 0 Å². The summed E-state index contributed by atoms with van der Waals surface area (Å²) in [5.74, 6) is -0.409. The largest absolute Gasteiger partial charge is 0.505 e. The van der Waals surface area contributed by atoms with Crippen LogP contribution in [-0.4, -0.2) is 23.3 Å². The number of carbonyl (C=O) groups excluding carboxylic acids is 2. The number of nitrogens with zero attached hydrogens (tertiary/aromatic N) is 1. The van der Waals surface area contributed by atoms with Gasteiger partial charge in [0.1, 0.15) is 0 Å². The van der Waals surface area contributed by atoms with Crippen molar-refractivity contribution in [2.24, 2.45) is 0 Å². The molecule has 15 heavy (non-hydrogen) atoms. The molecule has 1 aliphatic rings. The summed E-state index contributed by atoms with van der Waals surface area (Å²) in [5, 5.41) is 9.71. The predicted molar refractivity (Wildman–Crippen MR) is 57.8 cm³/mol. The van der Waals surface area contributed by atoms with E-state index in [1.165, 1.54) is 4.90 Å². The lowest BCUT2D eigenvalue weighted by Gasteiger charge is -2.16. The van der Waals surface area contributed by atoms with E-state index >= 15 is 0 Å². The molecule has 0 bridgehead atoms. The number of carbonyl (C=O) groups is 2. The van der Waals surface area contributed by atoms with Gasteiger partial charge in [0.05, 0.1) is 23.1 Å². The van der Waals surface area contributed by atoms with Crippen LogP contribution in [0.1, 0.15) is 6.42 Å². The molecule has 5 heteroatoms. The molecule has 1 heterocycles. The maximum absolute atomic E-state index is 11.4. The first kappa shape index (κ1) is 10.2. The van der Waals surface area contributed by atoms with Gasteiger partial charge in [0, 0.05) is 0 Å². The van der Waals surface area contributed by atoms with Crippen molar-refractivity contribution >= 4 is 33.3 Å². The Morgan fingerprint density at radius 1 is 1.33 bits per heavy atom. The van der Waals surface area contributed by atoms with Crippen LogP contribution in [-0.2, 0) is 9.59 Å². The van der Waals surface area contributed by atoms with E-state index in [1.807, 2.05) is 0 Å². The van der Waals surface area contributed by atoms with Gasteiger partial charge in [-0.15, -0.1) is 0 Å². The Morgan fingerprint density at radius 3 is 2.67 bits per heavy atom. The molecule has 1 aromatic carbocycles. The van der Waals surface area contributed by atoms with E-state index in [4.69, 9.17) is 0 Å². The maximum Gasteiger partial charge on any atom is 0.235 e. The average Bonchev–Trinajstić information content (AvgIpc) is 2.50. The monoisotopic (exact) mass is 269 g/mol. The maximum atomic E-state index is 11.4. The van der Waals surface area contributed by atoms with Crippen LogP contribution in [0.3, 0.4) is 0 Å². The number of phenolic OH excluding ortho intramolecular Hbond substituents is 1. The zero-order valence-corrected chi connectivity index (χ0v) is 9.32. The summed E-state index contributed by atoms with van der Waals surface area (Å²) in [6, 6.07) is 4.98. The minimum Gasteiger partial charge on any atom is -0.505 e. The van der Waals surface area contributed by atoms with Gasteiger partial charge in [0.2, 0.25) is 5.91 Å². The number of amides is 1. The van der Waals surface area contributed by atoms with Crippen molar-refractivity contribution in [3.8, 4) is 5.75 Å². The molecule has 1 saturated heterocycles. The second-order valence-electron chi connectivity index (χ2n) is 3.30. The fourth-order valence-corrected chi connectivity index (χ4v) is 1.88. The standard InChI is InChI=1S/C10H8BrNO3/c11-7-2-1-3-8(10(7)15)12-5-6(13)4-9(12)14/h1-3,15H,4-5H2. The van der Waals surface area contributed by atoms with Crippen molar-refractivity contribution < 1.29 is 14.7 Å². The van der Waals surface area contributed by atoms with Crippen molar-refractivity contribution in [2.75, 3.05) is 11.4 Å². The average molecular weight is 270 g/mol. The summed E-state index contributed by atoms with van der Waals surface area (Å²) >= 11 is 3.16. The van der Waals surface area contributed by atoms with Gasteiger partial charge in [-0.05, 0) is 28.1 Å². The second kappa shape index (κ2) is 3.66. The lowest BCUT2D eigenvalue weighted by Crippen LogP contribution is -2.24. The molecule has 0 unspecified atom stereocenters. The number of ketones is 1. The number of aromatic hydroxyl groups is 1. The minimum atomic E-state index is -0.270. The number of phenols is 1. The molecule has 1 fully saturated rings. The summed E-state index contributed by atoms with van der Waals surface area (Å²) in [7, 11) is 0. The van der Waals surface area contributed by atoms with Gasteiger partial charge < -0.3 is 10.0 Å². The molecular weight excluding hydrogens is 262 g/mol. The van der Waals surface area contributed by atoms with E-state index in [9.17, 15) is 14.7 Å². The zero-order valence-electron chi connectivity index (χ0n) is 7.74. The fraction of sp³-hybridized carbons (Fsp3) is 0.200. The van der Waals surface area contributed by atoms with Crippen molar-refractivity contribution in [3.05, 3.63) is 22.7 Å². The lowest BCUT2D eigenvalue weighted by atomic mass is 10.2. The molecule has 2 rings (SSSR count). The number of Topliss-reactive ketones (excluding diaryl/α,β-unsaturated/α-hetero) is 1. The normalized spacial score (nSPS) is 16.2. The predicted octanol–water partition coefficient (Wildman–Crippen LogP) is 1.46. The second-order valence-corrected chi connectivity index (χ2v) is 4.16. The number of hydrogen-bond acceptors (Lipinski definition) is 3. The van der Waals surface area contributed by atoms with E-state index in [1.54, 1.807) is 18.2 Å². The molecule has 0 aromatic heterocycles. The first-order valence-corrected chi connectivity index (χ1v) is 5.18. The molecule has 0 radical (unpaired) electrons. The number of benzene rings is 1. The van der Waals surface area contributed by atoms with Crippen molar-refractivity contribution in [1.82, 2.24) is 0 Å². The molecule has 1 N–H and O–H groups in total. The van der Waals surface area contributed by atoms with Crippen LogP contribution in [0.4, 0.5) is 5.69 Å². The van der Waals surface area contributed by atoms with E-state index in [-0.39, 0.29) is 30.4 Å². The first-order valence-electron chi connectivity index (χ1n) is 4.39. The molecule has 4 nitrogen and oxygen atoms in total. The van der Waals surface area contributed by atoms with Crippen LogP contribution in [0.25, 0.3) is 0 Å². The van der Waals surface area contributed by atoms with E-state index in [2.05, 4.69) is 15.9 Å². The number of rotatable bonds is 1. The highest BCUT2D eigenvalue weighted by molar-refractivity contribution is 9.10. The summed E-state index contributed by atoms with van der Waals surface area (Å²) in [5.41, 5.74) is 0.375. The quantitative estimate of drug-likeness (QED) is 0.786. The molecular formula is C10H8BrNO3. The van der Waals surface area contributed by atoms with Crippen molar-refractivity contribution in [1.29, 1.82) is 0 Å². The van der Waals surface area contributed by atoms with Crippen LogP contribution < -0.4 is 4.90 Å². The van der Waals surface area contributed by atoms with Gasteiger partial charge in [-0.3, -0.25) is 9.59 Å². The first-order chi connectivity index (χ1) is 7.09. The SMILES string of the molecule is O=C1CC(=O)N(c2cccc(Br)c2O)C1. The summed E-state index contributed by atoms with van der Waals surface area (Å²) in [6.07, 6.45) is -0.0774. The van der Waals surface area contributed by atoms with Gasteiger partial charge in [0.25, 0.3) is 0 Å². The third-order valence-corrected chi connectivity index (χ3v) is 2.88. The molecule has 1 aliphatic heterocycles. The molecule has 0 atom stereocenters. The van der Waals surface area contributed by atoms with Gasteiger partial charge in [-0.1, -0.05) is 6.07 Å². The Labute approximate surface area is 94.6 Å². The minimum absolute atomic E-state index is 0.0134. The summed E-state index contributed by atoms with van der Waals surface area (Å²) in [4.78, 5) is 23.8. The third kappa shape index (κ3) is 1.74. The molecule has 0 spiro atoms. The van der Waals surface area contributed by atoms with Gasteiger partial charge in [-0.2, -0.15) is 0 Å². The summed E-state index contributed by atoms with van der Waals surface area (Å²) < 4.78 is 0.507. The molecule has 0 aliphatic carbocycles. The van der Waals surface area contributed by atoms with Gasteiger partial charge in [0.15, 0.2) is 11.5 Å². The van der Waals surface area contributed by atoms with Crippen molar-refractivity contribution in [2.45, 2.75) is 6.42 Å². The molecule has 1 amide bonds. The molecule has 1 aromatic rings. The Balaban J connectivity index is 2.42. The fourth-order valence-electron chi connectivity index (χ4n) is 1.53. The highest BCUT2D eigenvalue weighted by atomic mass is 79.9. The van der Waals surface area contributed by atoms with Gasteiger partial charge in [-0.25, -0.2) is 0 Å². The highest BCUT2D eigenvalue weighted by Gasteiger charge is 2.30. The zero-order chi connectivity index (χ0) is 11.0. The third-order valence-electron chi connectivity index (χ3n) is 2.24. The Morgan fingerprint density at radius 2 is 2.07 bits per heavy atom.